The van der Waals surface area contributed by atoms with Crippen molar-refractivity contribution in [3.8, 4) is 5.75 Å². The standard InChI is InChI=1S/C27H20BrN3O4/c1-17-6-8-19(9-7-17)27(34)35-24-15-10-18-4-2-3-5-22(18)23(24)16-29-31-26(33)25(32)30-21-13-11-20(28)12-14-21/h2-16H,1H3,(H,30,32)(H,31,33)/b29-16+. The molecule has 0 fully saturated rings. The van der Waals surface area contributed by atoms with Crippen molar-refractivity contribution in [1.29, 1.82) is 0 Å². The molecule has 0 radical (unpaired) electrons. The number of halogens is 1. The predicted molar refractivity (Wildman–Crippen MR) is 139 cm³/mol. The summed E-state index contributed by atoms with van der Waals surface area (Å²) in [6.07, 6.45) is 1.35. The molecule has 8 heteroatoms. The summed E-state index contributed by atoms with van der Waals surface area (Å²) >= 11 is 3.31. The molecule has 0 spiro atoms. The van der Waals surface area contributed by atoms with Gasteiger partial charge in [-0.3, -0.25) is 9.59 Å². The Labute approximate surface area is 209 Å². The molecule has 0 aliphatic heterocycles. The van der Waals surface area contributed by atoms with E-state index in [9.17, 15) is 14.4 Å². The number of nitrogens with one attached hydrogen (secondary N) is 2. The summed E-state index contributed by atoms with van der Waals surface area (Å²) in [5.41, 5.74) is 4.60. The first-order valence-corrected chi connectivity index (χ1v) is 11.4. The van der Waals surface area contributed by atoms with E-state index in [1.54, 1.807) is 42.5 Å². The lowest BCUT2D eigenvalue weighted by atomic mass is 10.0. The minimum atomic E-state index is -0.942. The van der Waals surface area contributed by atoms with Gasteiger partial charge in [0.15, 0.2) is 0 Å². The number of carbonyl (C=O) groups is 3. The van der Waals surface area contributed by atoms with Crippen molar-refractivity contribution < 1.29 is 19.1 Å². The number of carbonyl (C=O) groups excluding carboxylic acids is 3. The molecular weight excluding hydrogens is 510 g/mol. The van der Waals surface area contributed by atoms with Crippen LogP contribution in [0.5, 0.6) is 5.75 Å². The monoisotopic (exact) mass is 529 g/mol. The van der Waals surface area contributed by atoms with Crippen LogP contribution >= 0.6 is 15.9 Å². The number of benzene rings is 4. The summed E-state index contributed by atoms with van der Waals surface area (Å²) in [4.78, 5) is 37.1. The Kier molecular flexibility index (Phi) is 7.32. The normalized spacial score (nSPS) is 10.8. The van der Waals surface area contributed by atoms with E-state index in [2.05, 4.69) is 31.8 Å². The van der Waals surface area contributed by atoms with Gasteiger partial charge in [0, 0.05) is 15.7 Å². The molecule has 0 aliphatic carbocycles. The number of esters is 1. The fourth-order valence-corrected chi connectivity index (χ4v) is 3.54. The summed E-state index contributed by atoms with van der Waals surface area (Å²) in [5.74, 6) is -2.06. The quantitative estimate of drug-likeness (QED) is 0.122. The fourth-order valence-electron chi connectivity index (χ4n) is 3.27. The molecule has 0 unspecified atom stereocenters. The Morgan fingerprint density at radius 1 is 0.857 bits per heavy atom. The van der Waals surface area contributed by atoms with E-state index in [0.717, 1.165) is 20.8 Å². The van der Waals surface area contributed by atoms with Gasteiger partial charge in [0.25, 0.3) is 0 Å². The number of hydrogen-bond donors (Lipinski definition) is 2. The third-order valence-electron chi connectivity index (χ3n) is 5.09. The minimum Gasteiger partial charge on any atom is -0.422 e. The van der Waals surface area contributed by atoms with Crippen LogP contribution in [0.4, 0.5) is 5.69 Å². The highest BCUT2D eigenvalue weighted by Crippen LogP contribution is 2.27. The van der Waals surface area contributed by atoms with Gasteiger partial charge in [-0.15, -0.1) is 0 Å². The van der Waals surface area contributed by atoms with Crippen LogP contribution in [0.1, 0.15) is 21.5 Å². The van der Waals surface area contributed by atoms with Crippen molar-refractivity contribution in [2.75, 3.05) is 5.32 Å². The van der Waals surface area contributed by atoms with Crippen LogP contribution in [0.2, 0.25) is 0 Å². The van der Waals surface area contributed by atoms with Gasteiger partial charge in [-0.2, -0.15) is 5.10 Å². The molecule has 2 amide bonds. The topological polar surface area (TPSA) is 96.9 Å². The number of anilines is 1. The summed E-state index contributed by atoms with van der Waals surface area (Å²) < 4.78 is 6.49. The summed E-state index contributed by atoms with van der Waals surface area (Å²) in [7, 11) is 0. The van der Waals surface area contributed by atoms with Crippen LogP contribution in [-0.2, 0) is 9.59 Å². The zero-order valence-electron chi connectivity index (χ0n) is 18.6. The first-order chi connectivity index (χ1) is 16.9. The first kappa shape index (κ1) is 23.8. The highest BCUT2D eigenvalue weighted by Gasteiger charge is 2.15. The third-order valence-corrected chi connectivity index (χ3v) is 5.62. The summed E-state index contributed by atoms with van der Waals surface area (Å²) in [6, 6.07) is 24.8. The maximum Gasteiger partial charge on any atom is 0.343 e. The number of hydrazone groups is 1. The molecule has 7 nitrogen and oxygen atoms in total. The van der Waals surface area contributed by atoms with Gasteiger partial charge in [-0.25, -0.2) is 10.2 Å². The molecule has 0 saturated heterocycles. The van der Waals surface area contributed by atoms with Gasteiger partial charge in [0.2, 0.25) is 0 Å². The van der Waals surface area contributed by atoms with E-state index in [-0.39, 0.29) is 5.75 Å². The van der Waals surface area contributed by atoms with Crippen LogP contribution < -0.4 is 15.5 Å². The Bertz CT molecular complexity index is 1430. The van der Waals surface area contributed by atoms with Gasteiger partial charge in [-0.1, -0.05) is 64.0 Å². The number of aryl methyl sites for hydroxylation is 1. The highest BCUT2D eigenvalue weighted by atomic mass is 79.9. The van der Waals surface area contributed by atoms with Gasteiger partial charge >= 0.3 is 17.8 Å². The van der Waals surface area contributed by atoms with E-state index < -0.39 is 17.8 Å². The number of fused-ring (bicyclic) bond motifs is 1. The van der Waals surface area contributed by atoms with E-state index in [4.69, 9.17) is 4.74 Å². The van der Waals surface area contributed by atoms with E-state index in [1.165, 1.54) is 6.21 Å². The minimum absolute atomic E-state index is 0.270. The summed E-state index contributed by atoms with van der Waals surface area (Å²) in [6.45, 7) is 1.93. The molecule has 174 valence electrons. The smallest absolute Gasteiger partial charge is 0.343 e. The third kappa shape index (κ3) is 5.99. The molecule has 0 saturated carbocycles. The van der Waals surface area contributed by atoms with Crippen molar-refractivity contribution >= 4 is 56.4 Å². The predicted octanol–water partition coefficient (Wildman–Crippen LogP) is 5.22. The van der Waals surface area contributed by atoms with Crippen LogP contribution in [-0.4, -0.2) is 24.0 Å². The van der Waals surface area contributed by atoms with E-state index in [1.807, 2.05) is 49.4 Å². The zero-order chi connectivity index (χ0) is 24.8. The lowest BCUT2D eigenvalue weighted by Gasteiger charge is -2.11. The van der Waals surface area contributed by atoms with Crippen LogP contribution in [0.3, 0.4) is 0 Å². The molecule has 4 aromatic carbocycles. The number of hydrogen-bond acceptors (Lipinski definition) is 5. The maximum atomic E-state index is 12.7. The van der Waals surface area contributed by atoms with Crippen molar-refractivity contribution in [1.82, 2.24) is 5.43 Å². The second kappa shape index (κ2) is 10.8. The first-order valence-electron chi connectivity index (χ1n) is 10.6. The average Bonchev–Trinajstić information content (AvgIpc) is 2.86. The van der Waals surface area contributed by atoms with E-state index >= 15 is 0 Å². The molecule has 0 heterocycles. The number of rotatable bonds is 5. The Balaban J connectivity index is 1.53. The average molecular weight is 530 g/mol. The lowest BCUT2D eigenvalue weighted by molar-refractivity contribution is -0.136. The van der Waals surface area contributed by atoms with Crippen molar-refractivity contribution in [2.24, 2.45) is 5.10 Å². The van der Waals surface area contributed by atoms with Crippen LogP contribution in [0.15, 0.2) is 94.5 Å². The fraction of sp³-hybridized carbons (Fsp3) is 0.0370. The Hall–Kier alpha value is -4.30. The molecule has 0 atom stereocenters. The lowest BCUT2D eigenvalue weighted by Crippen LogP contribution is -2.32. The Morgan fingerprint density at radius 2 is 1.57 bits per heavy atom. The molecule has 2 N–H and O–H groups in total. The second-order valence-electron chi connectivity index (χ2n) is 7.61. The van der Waals surface area contributed by atoms with Gasteiger partial charge < -0.3 is 10.1 Å². The van der Waals surface area contributed by atoms with Gasteiger partial charge in [0.1, 0.15) is 5.75 Å². The molecule has 0 aromatic heterocycles. The van der Waals surface area contributed by atoms with Crippen molar-refractivity contribution in [3.05, 3.63) is 106 Å². The maximum absolute atomic E-state index is 12.7. The molecule has 0 bridgehead atoms. The molecule has 4 aromatic rings. The number of amides is 2. The Morgan fingerprint density at radius 3 is 2.31 bits per heavy atom. The second-order valence-corrected chi connectivity index (χ2v) is 8.53. The van der Waals surface area contributed by atoms with Crippen molar-refractivity contribution in [3.63, 3.8) is 0 Å². The molecule has 35 heavy (non-hydrogen) atoms. The van der Waals surface area contributed by atoms with Gasteiger partial charge in [0.05, 0.1) is 11.8 Å². The van der Waals surface area contributed by atoms with Crippen molar-refractivity contribution in [2.45, 2.75) is 6.92 Å². The van der Waals surface area contributed by atoms with Crippen LogP contribution in [0.25, 0.3) is 10.8 Å². The largest absolute Gasteiger partial charge is 0.422 e. The summed E-state index contributed by atoms with van der Waals surface area (Å²) in [5, 5.41) is 8.08. The number of ether oxygens (including phenoxy) is 1. The highest BCUT2D eigenvalue weighted by molar-refractivity contribution is 9.10. The number of nitrogens with zero attached hydrogens (tertiary/aromatic N) is 1. The zero-order valence-corrected chi connectivity index (χ0v) is 20.2. The SMILES string of the molecule is Cc1ccc(C(=O)Oc2ccc3ccccc3c2/C=N/NC(=O)C(=O)Nc2ccc(Br)cc2)cc1. The molecule has 4 rings (SSSR count). The van der Waals surface area contributed by atoms with E-state index in [0.29, 0.717) is 16.8 Å². The van der Waals surface area contributed by atoms with Crippen LogP contribution in [0, 0.1) is 6.92 Å². The van der Waals surface area contributed by atoms with Gasteiger partial charge in [-0.05, 0) is 60.2 Å². The molecule has 0 aliphatic rings. The molecular formula is C27H20BrN3O4.